The second-order valence-electron chi connectivity index (χ2n) is 5.84. The van der Waals surface area contributed by atoms with Gasteiger partial charge >= 0.3 is 0 Å². The molecule has 1 fully saturated rings. The van der Waals surface area contributed by atoms with E-state index in [-0.39, 0.29) is 17.6 Å². The summed E-state index contributed by atoms with van der Waals surface area (Å²) in [6.45, 7) is 8.36. The van der Waals surface area contributed by atoms with Crippen molar-refractivity contribution in [1.82, 2.24) is 0 Å². The van der Waals surface area contributed by atoms with E-state index in [1.54, 1.807) is 0 Å². The molecule has 2 heteroatoms. The average molecular weight is 296 g/mol. The molecular weight excluding hydrogens is 260 g/mol. The van der Waals surface area contributed by atoms with Crippen LogP contribution in [0.2, 0.25) is 0 Å². The number of aliphatic hydroxyl groups is 1. The molecule has 0 amide bonds. The molecule has 1 N–H and O–H groups in total. The van der Waals surface area contributed by atoms with Crippen molar-refractivity contribution >= 4 is 5.78 Å². The topological polar surface area (TPSA) is 37.3 Å². The molecule has 0 spiro atoms. The van der Waals surface area contributed by atoms with Crippen molar-refractivity contribution in [2.75, 3.05) is 0 Å². The van der Waals surface area contributed by atoms with E-state index in [1.165, 1.54) is 25.7 Å². The van der Waals surface area contributed by atoms with Crippen molar-refractivity contribution in [3.05, 3.63) is 12.2 Å². The molecule has 0 aromatic heterocycles. The Hall–Kier alpha value is -0.630. The molecule has 0 aliphatic heterocycles. The molecule has 21 heavy (non-hydrogen) atoms. The molecule has 124 valence electrons. The minimum absolute atomic E-state index is 0.0738. The maximum Gasteiger partial charge on any atom is 0.139 e. The van der Waals surface area contributed by atoms with Gasteiger partial charge in [0, 0.05) is 18.3 Å². The van der Waals surface area contributed by atoms with E-state index in [0.717, 1.165) is 25.7 Å². The van der Waals surface area contributed by atoms with Gasteiger partial charge in [0.2, 0.25) is 0 Å². The zero-order valence-corrected chi connectivity index (χ0v) is 14.6. The summed E-state index contributed by atoms with van der Waals surface area (Å²) in [5.41, 5.74) is 0. The van der Waals surface area contributed by atoms with Crippen molar-refractivity contribution in [2.45, 2.75) is 91.6 Å². The maximum absolute atomic E-state index is 12.0. The predicted molar refractivity (Wildman–Crippen MR) is 91.4 cm³/mol. The minimum atomic E-state index is -0.443. The number of hydrogen-bond donors (Lipinski definition) is 1. The van der Waals surface area contributed by atoms with Crippen molar-refractivity contribution in [3.63, 3.8) is 0 Å². The second-order valence-corrected chi connectivity index (χ2v) is 5.84. The van der Waals surface area contributed by atoms with E-state index in [4.69, 9.17) is 0 Å². The van der Waals surface area contributed by atoms with Crippen molar-refractivity contribution < 1.29 is 9.90 Å². The Morgan fingerprint density at radius 2 is 1.76 bits per heavy atom. The number of carbonyl (C=O) groups excluding carboxylic acids is 1. The largest absolute Gasteiger partial charge is 0.392 e. The molecule has 3 unspecified atom stereocenters. The van der Waals surface area contributed by atoms with Gasteiger partial charge < -0.3 is 5.11 Å². The van der Waals surface area contributed by atoms with Gasteiger partial charge in [-0.3, -0.25) is 4.79 Å². The van der Waals surface area contributed by atoms with Crippen LogP contribution in [0.4, 0.5) is 0 Å². The summed E-state index contributed by atoms with van der Waals surface area (Å²) in [5.74, 6) is 0.420. The number of Topliss-reactive ketones (excluding diaryl/α,β-unsaturated/α-hetero) is 1. The average Bonchev–Trinajstić information content (AvgIpc) is 2.76. The van der Waals surface area contributed by atoms with Crippen LogP contribution in [0.5, 0.6) is 0 Å². The molecular formula is C19H36O2. The predicted octanol–water partition coefficient (Wildman–Crippen LogP) is 5.30. The Morgan fingerprint density at radius 3 is 2.38 bits per heavy atom. The number of carbonyl (C=O) groups is 1. The molecule has 0 aromatic carbocycles. The van der Waals surface area contributed by atoms with Crippen molar-refractivity contribution in [1.29, 1.82) is 0 Å². The quantitative estimate of drug-likeness (QED) is 0.463. The van der Waals surface area contributed by atoms with Crippen LogP contribution in [0.1, 0.15) is 85.5 Å². The summed E-state index contributed by atoms with van der Waals surface area (Å²) in [6.07, 6.45) is 13.4. The van der Waals surface area contributed by atoms with E-state index < -0.39 is 6.10 Å². The first-order valence-electron chi connectivity index (χ1n) is 9.08. The SMILES string of the molecule is CC.CCCC=CC1C(O)CC(=O)C1CCCCCCC. The first kappa shape index (κ1) is 20.4. The highest BCUT2D eigenvalue weighted by atomic mass is 16.3. The zero-order valence-electron chi connectivity index (χ0n) is 14.6. The number of rotatable bonds is 9. The highest BCUT2D eigenvalue weighted by molar-refractivity contribution is 5.84. The first-order chi connectivity index (χ1) is 10.2. The summed E-state index contributed by atoms with van der Waals surface area (Å²) in [7, 11) is 0. The lowest BCUT2D eigenvalue weighted by Gasteiger charge is -2.17. The molecule has 0 saturated heterocycles. The molecule has 1 aliphatic rings. The first-order valence-corrected chi connectivity index (χ1v) is 9.08. The molecule has 1 rings (SSSR count). The Bertz CT molecular complexity index is 283. The van der Waals surface area contributed by atoms with E-state index in [1.807, 2.05) is 13.8 Å². The van der Waals surface area contributed by atoms with Gasteiger partial charge in [-0.1, -0.05) is 78.4 Å². The summed E-state index contributed by atoms with van der Waals surface area (Å²) in [4.78, 5) is 12.0. The van der Waals surface area contributed by atoms with Crippen LogP contribution >= 0.6 is 0 Å². The van der Waals surface area contributed by atoms with E-state index in [9.17, 15) is 9.90 Å². The van der Waals surface area contributed by atoms with Crippen LogP contribution in [0.15, 0.2) is 12.2 Å². The normalized spacial score (nSPS) is 25.2. The second kappa shape index (κ2) is 13.1. The third kappa shape index (κ3) is 7.80. The van der Waals surface area contributed by atoms with Gasteiger partial charge in [0.25, 0.3) is 0 Å². The smallest absolute Gasteiger partial charge is 0.139 e. The highest BCUT2D eigenvalue weighted by Gasteiger charge is 2.39. The van der Waals surface area contributed by atoms with Gasteiger partial charge in [0.15, 0.2) is 0 Å². The lowest BCUT2D eigenvalue weighted by molar-refractivity contribution is -0.121. The molecule has 3 atom stereocenters. The Kier molecular flexibility index (Phi) is 12.7. The number of hydrogen-bond acceptors (Lipinski definition) is 2. The van der Waals surface area contributed by atoms with Gasteiger partial charge in [0.05, 0.1) is 6.10 Å². The molecule has 1 saturated carbocycles. The van der Waals surface area contributed by atoms with E-state index in [2.05, 4.69) is 26.0 Å². The van der Waals surface area contributed by atoms with Crippen LogP contribution in [0.25, 0.3) is 0 Å². The monoisotopic (exact) mass is 296 g/mol. The summed E-state index contributed by atoms with van der Waals surface area (Å²) in [5, 5.41) is 10.00. The van der Waals surface area contributed by atoms with Crippen molar-refractivity contribution in [2.24, 2.45) is 11.8 Å². The fourth-order valence-corrected chi connectivity index (χ4v) is 2.98. The van der Waals surface area contributed by atoms with Gasteiger partial charge in [0.1, 0.15) is 5.78 Å². The fourth-order valence-electron chi connectivity index (χ4n) is 2.98. The number of aliphatic hydroxyl groups excluding tert-OH is 1. The third-order valence-corrected chi connectivity index (χ3v) is 4.17. The van der Waals surface area contributed by atoms with Crippen LogP contribution in [0, 0.1) is 11.8 Å². The maximum atomic E-state index is 12.0. The lowest BCUT2D eigenvalue weighted by atomic mass is 9.88. The van der Waals surface area contributed by atoms with Crippen LogP contribution in [0.3, 0.4) is 0 Å². The van der Waals surface area contributed by atoms with Crippen molar-refractivity contribution in [3.8, 4) is 0 Å². The Balaban J connectivity index is 0.00000191. The molecule has 0 radical (unpaired) electrons. The Labute approximate surface area is 132 Å². The van der Waals surface area contributed by atoms with E-state index in [0.29, 0.717) is 6.42 Å². The number of unbranched alkanes of at least 4 members (excludes halogenated alkanes) is 5. The molecule has 0 bridgehead atoms. The molecule has 2 nitrogen and oxygen atoms in total. The summed E-state index contributed by atoms with van der Waals surface area (Å²) >= 11 is 0. The molecule has 0 aromatic rings. The standard InChI is InChI=1S/C17H30O2.C2H6/c1-3-5-7-8-10-12-15-14(11-9-6-4-2)16(18)13-17(15)19;1-2/h9,11,14-16,18H,3-8,10,12-13H2,1-2H3;1-2H3. The van der Waals surface area contributed by atoms with Crippen LogP contribution < -0.4 is 0 Å². The van der Waals surface area contributed by atoms with Gasteiger partial charge in [-0.2, -0.15) is 0 Å². The summed E-state index contributed by atoms with van der Waals surface area (Å²) < 4.78 is 0. The van der Waals surface area contributed by atoms with Crippen LogP contribution in [-0.2, 0) is 4.79 Å². The number of allylic oxidation sites excluding steroid dienone is 1. The third-order valence-electron chi connectivity index (χ3n) is 4.17. The van der Waals surface area contributed by atoms with E-state index >= 15 is 0 Å². The van der Waals surface area contributed by atoms with Gasteiger partial charge in [-0.05, 0) is 12.8 Å². The fraction of sp³-hybridized carbons (Fsp3) is 0.842. The summed E-state index contributed by atoms with van der Waals surface area (Å²) in [6, 6.07) is 0. The number of ketones is 1. The molecule has 0 heterocycles. The van der Waals surface area contributed by atoms with Gasteiger partial charge in [-0.15, -0.1) is 0 Å². The minimum Gasteiger partial charge on any atom is -0.392 e. The Morgan fingerprint density at radius 1 is 1.10 bits per heavy atom. The zero-order chi connectivity index (χ0) is 16.1. The van der Waals surface area contributed by atoms with Crippen LogP contribution in [-0.4, -0.2) is 17.0 Å². The molecule has 1 aliphatic carbocycles. The van der Waals surface area contributed by atoms with Gasteiger partial charge in [-0.25, -0.2) is 0 Å². The lowest BCUT2D eigenvalue weighted by Crippen LogP contribution is -2.18. The highest BCUT2D eigenvalue weighted by Crippen LogP contribution is 2.34.